The van der Waals surface area contributed by atoms with E-state index < -0.39 is 0 Å². The number of likely N-dealkylation sites (N-methyl/N-ethyl adjacent to an activating group) is 1. The topological polar surface area (TPSA) is 53.0 Å². The molecule has 1 amide bonds. The molecule has 22 heavy (non-hydrogen) atoms. The lowest BCUT2D eigenvalue weighted by Gasteiger charge is -2.38. The lowest BCUT2D eigenvalue weighted by Crippen LogP contribution is -2.50. The number of aryl methyl sites for hydroxylation is 2. The predicted molar refractivity (Wildman–Crippen MR) is 83.9 cm³/mol. The summed E-state index contributed by atoms with van der Waals surface area (Å²) in [7, 11) is 1.80. The van der Waals surface area contributed by atoms with Crippen LogP contribution in [0, 0.1) is 13.8 Å². The molecule has 5 nitrogen and oxygen atoms in total. The van der Waals surface area contributed by atoms with Crippen LogP contribution in [0.15, 0.2) is 12.1 Å². The molecule has 0 aromatic heterocycles. The smallest absolute Gasteiger partial charge is 0.410 e. The summed E-state index contributed by atoms with van der Waals surface area (Å²) in [6.45, 7) is 7.37. The van der Waals surface area contributed by atoms with Crippen LogP contribution in [0.2, 0.25) is 0 Å². The van der Waals surface area contributed by atoms with Gasteiger partial charge in [0.05, 0.1) is 6.54 Å². The van der Waals surface area contributed by atoms with Gasteiger partial charge in [-0.05, 0) is 62.1 Å². The van der Waals surface area contributed by atoms with Crippen molar-refractivity contribution in [2.75, 3.05) is 26.7 Å². The zero-order valence-corrected chi connectivity index (χ0v) is 13.6. The number of nitrogens with zero attached hydrogens (tertiary/aromatic N) is 2. The molecule has 0 unspecified atom stereocenters. The van der Waals surface area contributed by atoms with E-state index in [-0.39, 0.29) is 11.7 Å². The maximum Gasteiger partial charge on any atom is 0.410 e. The maximum absolute atomic E-state index is 11.7. The van der Waals surface area contributed by atoms with Gasteiger partial charge in [-0.2, -0.15) is 0 Å². The largest absolute Gasteiger partial charge is 0.508 e. The number of aromatic hydroxyl groups is 1. The Morgan fingerprint density at radius 1 is 1.27 bits per heavy atom. The Hall–Kier alpha value is -1.75. The van der Waals surface area contributed by atoms with Crippen molar-refractivity contribution in [1.82, 2.24) is 9.80 Å². The molecule has 2 heterocycles. The van der Waals surface area contributed by atoms with E-state index in [2.05, 4.69) is 4.90 Å². The molecule has 120 valence electrons. The summed E-state index contributed by atoms with van der Waals surface area (Å²) in [5, 5.41) is 9.67. The standard InChI is InChI=1S/C17H24N2O3/c1-12-7-14(20)8-13(2)15(12)9-19-6-4-5-17(11-19)10-18(3)16(21)22-17/h7-8,20H,4-6,9-11H2,1-3H3/t17-/m0/s1. The van der Waals surface area contributed by atoms with Crippen LogP contribution in [0.25, 0.3) is 0 Å². The number of phenolic OH excluding ortho intramolecular Hbond substituents is 1. The lowest BCUT2D eigenvalue weighted by molar-refractivity contribution is -0.0114. The molecule has 1 aromatic carbocycles. The Morgan fingerprint density at radius 2 is 1.95 bits per heavy atom. The van der Waals surface area contributed by atoms with Gasteiger partial charge in [0.1, 0.15) is 11.4 Å². The minimum atomic E-state index is -0.344. The summed E-state index contributed by atoms with van der Waals surface area (Å²) < 4.78 is 5.65. The summed E-state index contributed by atoms with van der Waals surface area (Å²) in [5.41, 5.74) is 3.13. The first kappa shape index (κ1) is 15.2. The van der Waals surface area contributed by atoms with Gasteiger partial charge in [0.2, 0.25) is 0 Å². The minimum absolute atomic E-state index is 0.209. The number of hydrogen-bond donors (Lipinski definition) is 1. The van der Waals surface area contributed by atoms with E-state index in [0.29, 0.717) is 12.3 Å². The predicted octanol–water partition coefficient (Wildman–Crippen LogP) is 2.43. The molecule has 3 rings (SSSR count). The Kier molecular flexibility index (Phi) is 3.77. The van der Waals surface area contributed by atoms with Crippen molar-refractivity contribution >= 4 is 6.09 Å². The molecule has 2 fully saturated rings. The van der Waals surface area contributed by atoms with E-state index in [1.807, 2.05) is 26.0 Å². The second kappa shape index (κ2) is 5.47. The van der Waals surface area contributed by atoms with E-state index in [1.54, 1.807) is 11.9 Å². The molecule has 2 saturated heterocycles. The molecular weight excluding hydrogens is 280 g/mol. The molecule has 1 aromatic rings. The zero-order chi connectivity index (χ0) is 15.9. The van der Waals surface area contributed by atoms with Gasteiger partial charge < -0.3 is 14.7 Å². The van der Waals surface area contributed by atoms with Gasteiger partial charge in [-0.3, -0.25) is 4.90 Å². The number of carbonyl (C=O) groups is 1. The molecule has 1 atom stereocenters. The number of hydrogen-bond acceptors (Lipinski definition) is 4. The molecule has 2 aliphatic rings. The van der Waals surface area contributed by atoms with Gasteiger partial charge >= 0.3 is 6.09 Å². The monoisotopic (exact) mass is 304 g/mol. The van der Waals surface area contributed by atoms with Crippen LogP contribution < -0.4 is 0 Å². The fourth-order valence-corrected chi connectivity index (χ4v) is 3.77. The van der Waals surface area contributed by atoms with E-state index in [9.17, 15) is 9.90 Å². The van der Waals surface area contributed by atoms with Gasteiger partial charge in [-0.25, -0.2) is 4.79 Å². The highest BCUT2D eigenvalue weighted by Gasteiger charge is 2.46. The van der Waals surface area contributed by atoms with E-state index in [0.717, 1.165) is 43.6 Å². The van der Waals surface area contributed by atoms with Crippen LogP contribution in [-0.4, -0.2) is 53.3 Å². The van der Waals surface area contributed by atoms with Gasteiger partial charge in [-0.15, -0.1) is 0 Å². The van der Waals surface area contributed by atoms with Crippen molar-refractivity contribution in [3.63, 3.8) is 0 Å². The molecule has 2 aliphatic heterocycles. The highest BCUT2D eigenvalue weighted by Crippen LogP contribution is 2.32. The van der Waals surface area contributed by atoms with Crippen LogP contribution in [0.3, 0.4) is 0 Å². The number of phenols is 1. The first-order valence-electron chi connectivity index (χ1n) is 7.84. The number of rotatable bonds is 2. The number of ether oxygens (including phenoxy) is 1. The van der Waals surface area contributed by atoms with Crippen molar-refractivity contribution in [2.24, 2.45) is 0 Å². The van der Waals surface area contributed by atoms with Crippen LogP contribution in [0.5, 0.6) is 5.75 Å². The highest BCUT2D eigenvalue weighted by atomic mass is 16.6. The first-order chi connectivity index (χ1) is 10.4. The van der Waals surface area contributed by atoms with Crippen molar-refractivity contribution < 1.29 is 14.6 Å². The third-order valence-electron chi connectivity index (χ3n) is 4.82. The van der Waals surface area contributed by atoms with E-state index in [4.69, 9.17) is 4.74 Å². The number of piperidine rings is 1. The molecule has 0 aliphatic carbocycles. The normalized spacial score (nSPS) is 25.8. The average molecular weight is 304 g/mol. The van der Waals surface area contributed by atoms with Crippen LogP contribution in [0.4, 0.5) is 4.79 Å². The fraction of sp³-hybridized carbons (Fsp3) is 0.588. The summed E-state index contributed by atoms with van der Waals surface area (Å²) >= 11 is 0. The van der Waals surface area contributed by atoms with Crippen LogP contribution >= 0.6 is 0 Å². The molecule has 1 N–H and O–H groups in total. The summed E-state index contributed by atoms with van der Waals surface area (Å²) in [6.07, 6.45) is 1.77. The number of benzene rings is 1. The summed E-state index contributed by atoms with van der Waals surface area (Å²) in [5.74, 6) is 0.320. The van der Waals surface area contributed by atoms with Gasteiger partial charge in [-0.1, -0.05) is 0 Å². The third kappa shape index (κ3) is 2.77. The number of likely N-dealkylation sites (tertiary alicyclic amines) is 1. The number of amides is 1. The minimum Gasteiger partial charge on any atom is -0.508 e. The lowest BCUT2D eigenvalue weighted by atomic mass is 9.91. The van der Waals surface area contributed by atoms with Crippen molar-refractivity contribution in [2.45, 2.75) is 38.8 Å². The van der Waals surface area contributed by atoms with Gasteiger partial charge in [0.15, 0.2) is 0 Å². The van der Waals surface area contributed by atoms with E-state index >= 15 is 0 Å². The molecule has 0 saturated carbocycles. The number of carbonyl (C=O) groups excluding carboxylic acids is 1. The molecule has 0 radical (unpaired) electrons. The fourth-order valence-electron chi connectivity index (χ4n) is 3.77. The van der Waals surface area contributed by atoms with E-state index in [1.165, 1.54) is 5.56 Å². The summed E-state index contributed by atoms with van der Waals surface area (Å²) in [4.78, 5) is 15.7. The van der Waals surface area contributed by atoms with Crippen molar-refractivity contribution in [3.05, 3.63) is 28.8 Å². The molecular formula is C17H24N2O3. The molecule has 1 spiro atoms. The quantitative estimate of drug-likeness (QED) is 0.912. The zero-order valence-electron chi connectivity index (χ0n) is 13.6. The molecule has 5 heteroatoms. The van der Waals surface area contributed by atoms with Crippen LogP contribution in [-0.2, 0) is 11.3 Å². The Balaban J connectivity index is 1.75. The highest BCUT2D eigenvalue weighted by molar-refractivity contribution is 5.70. The van der Waals surface area contributed by atoms with Crippen LogP contribution in [0.1, 0.15) is 29.5 Å². The van der Waals surface area contributed by atoms with Crippen molar-refractivity contribution in [3.8, 4) is 5.75 Å². The van der Waals surface area contributed by atoms with Crippen molar-refractivity contribution in [1.29, 1.82) is 0 Å². The molecule has 0 bridgehead atoms. The summed E-state index contributed by atoms with van der Waals surface area (Å²) in [6, 6.07) is 3.62. The first-order valence-corrected chi connectivity index (χ1v) is 7.84. The van der Waals surface area contributed by atoms with Gasteiger partial charge in [0.25, 0.3) is 0 Å². The maximum atomic E-state index is 11.7. The third-order valence-corrected chi connectivity index (χ3v) is 4.82. The second-order valence-electron chi connectivity index (χ2n) is 6.78. The van der Waals surface area contributed by atoms with Gasteiger partial charge in [0, 0.05) is 20.1 Å². The Bertz CT molecular complexity index is 579. The average Bonchev–Trinajstić information content (AvgIpc) is 2.68. The Morgan fingerprint density at radius 3 is 2.55 bits per heavy atom. The Labute approximate surface area is 131 Å². The second-order valence-corrected chi connectivity index (χ2v) is 6.78. The SMILES string of the molecule is Cc1cc(O)cc(C)c1CN1CCC[C@@]2(C1)CN(C)C(=O)O2.